The van der Waals surface area contributed by atoms with Crippen LogP contribution in [0.15, 0.2) is 12.3 Å². The maximum atomic E-state index is 13.7. The molecule has 2 aliphatic heterocycles. The fourth-order valence-corrected chi connectivity index (χ4v) is 4.86. The third kappa shape index (κ3) is 4.38. The van der Waals surface area contributed by atoms with E-state index in [1.807, 2.05) is 33.2 Å². The minimum Gasteiger partial charge on any atom is -0.352 e. The van der Waals surface area contributed by atoms with Crippen molar-refractivity contribution < 1.29 is 4.39 Å². The van der Waals surface area contributed by atoms with E-state index >= 15 is 0 Å². The number of alkyl halides is 1. The number of hydrogen-bond acceptors (Lipinski definition) is 9. The number of nitriles is 1. The Labute approximate surface area is 180 Å². The molecule has 0 unspecified atom stereocenters. The molecule has 0 radical (unpaired) electrons. The van der Waals surface area contributed by atoms with E-state index in [0.717, 1.165) is 22.1 Å². The third-order valence-electron chi connectivity index (χ3n) is 5.86. The first-order chi connectivity index (χ1) is 14.4. The van der Waals surface area contributed by atoms with Gasteiger partial charge in [-0.1, -0.05) is 0 Å². The highest BCUT2D eigenvalue weighted by molar-refractivity contribution is 7.10. The highest BCUT2D eigenvalue weighted by atomic mass is 32.1. The van der Waals surface area contributed by atoms with E-state index in [2.05, 4.69) is 35.9 Å². The number of hydrogen-bond donors (Lipinski definition) is 2. The lowest BCUT2D eigenvalue weighted by Gasteiger charge is -2.51. The molecule has 2 aliphatic rings. The fraction of sp³-hybridized carbons (Fsp3) is 0.600. The Hall–Kier alpha value is -2.35. The second-order valence-electron chi connectivity index (χ2n) is 8.44. The summed E-state index contributed by atoms with van der Waals surface area (Å²) >= 11 is 1.38. The van der Waals surface area contributed by atoms with Gasteiger partial charge < -0.3 is 15.5 Å². The zero-order valence-corrected chi connectivity index (χ0v) is 18.3. The Balaban J connectivity index is 1.41. The van der Waals surface area contributed by atoms with E-state index < -0.39 is 6.17 Å². The van der Waals surface area contributed by atoms with Gasteiger partial charge in [-0.05, 0) is 44.9 Å². The van der Waals surface area contributed by atoms with Crippen molar-refractivity contribution in [2.24, 2.45) is 0 Å². The summed E-state index contributed by atoms with van der Waals surface area (Å²) in [5, 5.41) is 17.0. The van der Waals surface area contributed by atoms with Crippen LogP contribution in [0, 0.1) is 25.2 Å². The standard InChI is InChI=1S/C20H27FN8S/c1-13-8-23-19(25-17-6-14(2)27-30-17)26-18(13)29-11-20(12-29,4-5-22)24-9-16-7-15(21)10-28(16)3/h6,8,15-16,24H,4,7,9-12H2,1-3H3,(H,23,25,26)/t15-,16+/m1/s1. The molecule has 2 atom stereocenters. The molecule has 8 nitrogen and oxygen atoms in total. The molecule has 4 heterocycles. The number of aryl methyl sites for hydroxylation is 2. The van der Waals surface area contributed by atoms with E-state index in [0.29, 0.717) is 45.0 Å². The Morgan fingerprint density at radius 3 is 2.83 bits per heavy atom. The summed E-state index contributed by atoms with van der Waals surface area (Å²) in [4.78, 5) is 13.3. The number of aromatic nitrogens is 3. The Morgan fingerprint density at radius 2 is 2.20 bits per heavy atom. The molecule has 2 saturated heterocycles. The van der Waals surface area contributed by atoms with E-state index in [1.165, 1.54) is 11.5 Å². The van der Waals surface area contributed by atoms with Gasteiger partial charge in [-0.15, -0.1) is 0 Å². The average molecular weight is 431 g/mol. The lowest BCUT2D eigenvalue weighted by Crippen LogP contribution is -2.70. The van der Waals surface area contributed by atoms with Gasteiger partial charge in [0.1, 0.15) is 17.0 Å². The number of nitrogens with zero attached hydrogens (tertiary/aromatic N) is 6. The summed E-state index contributed by atoms with van der Waals surface area (Å²) in [6.07, 6.45) is 2.01. The third-order valence-corrected chi connectivity index (χ3v) is 6.66. The number of halogens is 1. The Kier molecular flexibility index (Phi) is 5.86. The topological polar surface area (TPSA) is 93.0 Å². The lowest BCUT2D eigenvalue weighted by molar-refractivity contribution is 0.219. The molecule has 0 bridgehead atoms. The summed E-state index contributed by atoms with van der Waals surface area (Å²) < 4.78 is 17.9. The van der Waals surface area contributed by atoms with Crippen molar-refractivity contribution >= 4 is 28.3 Å². The molecule has 0 saturated carbocycles. The van der Waals surface area contributed by atoms with Crippen molar-refractivity contribution in [1.29, 1.82) is 5.26 Å². The van der Waals surface area contributed by atoms with Crippen LogP contribution in [0.4, 0.5) is 21.2 Å². The number of anilines is 3. The van der Waals surface area contributed by atoms with Crippen LogP contribution >= 0.6 is 11.5 Å². The largest absolute Gasteiger partial charge is 0.352 e. The molecule has 4 rings (SSSR count). The molecule has 0 aromatic carbocycles. The van der Waals surface area contributed by atoms with Crippen molar-refractivity contribution in [2.45, 2.75) is 44.4 Å². The van der Waals surface area contributed by atoms with Gasteiger partial charge in [-0.2, -0.15) is 14.6 Å². The number of likely N-dealkylation sites (N-methyl/N-ethyl adjacent to an activating group) is 1. The quantitative estimate of drug-likeness (QED) is 0.692. The second-order valence-corrected chi connectivity index (χ2v) is 9.24. The van der Waals surface area contributed by atoms with Crippen LogP contribution in [0.5, 0.6) is 0 Å². The van der Waals surface area contributed by atoms with Gasteiger partial charge in [-0.3, -0.25) is 4.90 Å². The van der Waals surface area contributed by atoms with Crippen LogP contribution in [0.25, 0.3) is 0 Å². The summed E-state index contributed by atoms with van der Waals surface area (Å²) in [7, 11) is 1.96. The van der Waals surface area contributed by atoms with Gasteiger partial charge in [0.2, 0.25) is 5.95 Å². The van der Waals surface area contributed by atoms with Crippen LogP contribution in [-0.2, 0) is 0 Å². The van der Waals surface area contributed by atoms with E-state index in [1.54, 1.807) is 0 Å². The summed E-state index contributed by atoms with van der Waals surface area (Å²) in [5.41, 5.74) is 1.66. The molecular formula is C20H27FN8S. The smallest absolute Gasteiger partial charge is 0.229 e. The first kappa shape index (κ1) is 20.9. The van der Waals surface area contributed by atoms with Crippen LogP contribution in [0.2, 0.25) is 0 Å². The minimum absolute atomic E-state index is 0.170. The average Bonchev–Trinajstić information content (AvgIpc) is 3.22. The lowest BCUT2D eigenvalue weighted by atomic mass is 9.86. The van der Waals surface area contributed by atoms with Crippen LogP contribution < -0.4 is 15.5 Å². The molecule has 0 aliphatic carbocycles. The fourth-order valence-electron chi connectivity index (χ4n) is 4.20. The molecule has 10 heteroatoms. The monoisotopic (exact) mass is 430 g/mol. The molecule has 2 N–H and O–H groups in total. The zero-order valence-electron chi connectivity index (χ0n) is 17.5. The van der Waals surface area contributed by atoms with Crippen LogP contribution in [0.3, 0.4) is 0 Å². The van der Waals surface area contributed by atoms with Gasteiger partial charge in [0.25, 0.3) is 0 Å². The molecule has 2 aromatic heterocycles. The predicted molar refractivity (Wildman–Crippen MR) is 116 cm³/mol. The van der Waals surface area contributed by atoms with Crippen molar-refractivity contribution in [2.75, 3.05) is 43.4 Å². The van der Waals surface area contributed by atoms with Gasteiger partial charge >= 0.3 is 0 Å². The highest BCUT2D eigenvalue weighted by Crippen LogP contribution is 2.32. The first-order valence-electron chi connectivity index (χ1n) is 10.1. The molecule has 2 aromatic rings. The van der Waals surface area contributed by atoms with Crippen molar-refractivity contribution in [3.05, 3.63) is 23.5 Å². The number of likely N-dealkylation sites (tertiary alicyclic amines) is 1. The predicted octanol–water partition coefficient (Wildman–Crippen LogP) is 2.40. The van der Waals surface area contributed by atoms with Gasteiger partial charge in [-0.25, -0.2) is 9.37 Å². The van der Waals surface area contributed by atoms with E-state index in [4.69, 9.17) is 4.98 Å². The van der Waals surface area contributed by atoms with Gasteiger partial charge in [0.05, 0.1) is 23.7 Å². The van der Waals surface area contributed by atoms with Crippen LogP contribution in [-0.4, -0.2) is 70.2 Å². The van der Waals surface area contributed by atoms with Gasteiger partial charge in [0, 0.05) is 44.0 Å². The molecule has 0 spiro atoms. The summed E-state index contributed by atoms with van der Waals surface area (Å²) in [6, 6.07) is 4.44. The van der Waals surface area contributed by atoms with Crippen LogP contribution in [0.1, 0.15) is 24.1 Å². The number of rotatable bonds is 7. The maximum absolute atomic E-state index is 13.7. The van der Waals surface area contributed by atoms with E-state index in [-0.39, 0.29) is 11.6 Å². The normalized spacial score (nSPS) is 23.2. The molecule has 2 fully saturated rings. The second kappa shape index (κ2) is 8.41. The number of nitrogens with one attached hydrogen (secondary N) is 2. The summed E-state index contributed by atoms with van der Waals surface area (Å²) in [6.45, 7) is 6.48. The highest BCUT2D eigenvalue weighted by Gasteiger charge is 2.44. The van der Waals surface area contributed by atoms with Crippen molar-refractivity contribution in [3.63, 3.8) is 0 Å². The SMILES string of the molecule is Cc1cc(Nc2ncc(C)c(N3CC(CC#N)(NC[C@@H]4C[C@@H](F)CN4C)C3)n2)sn1. The van der Waals surface area contributed by atoms with Crippen molar-refractivity contribution in [3.8, 4) is 6.07 Å². The van der Waals surface area contributed by atoms with E-state index in [9.17, 15) is 9.65 Å². The zero-order chi connectivity index (χ0) is 21.3. The molecule has 0 amide bonds. The van der Waals surface area contributed by atoms with Crippen molar-refractivity contribution in [1.82, 2.24) is 24.6 Å². The maximum Gasteiger partial charge on any atom is 0.229 e. The Morgan fingerprint density at radius 1 is 1.40 bits per heavy atom. The Bertz CT molecular complexity index is 935. The first-order valence-corrected chi connectivity index (χ1v) is 10.9. The molecule has 30 heavy (non-hydrogen) atoms. The van der Waals surface area contributed by atoms with Gasteiger partial charge in [0.15, 0.2) is 0 Å². The molecule has 160 valence electrons. The summed E-state index contributed by atoms with van der Waals surface area (Å²) in [5.74, 6) is 1.40. The minimum atomic E-state index is -0.761. The molecular weight excluding hydrogens is 403 g/mol.